The summed E-state index contributed by atoms with van der Waals surface area (Å²) in [5.41, 5.74) is 0.589. The molecule has 1 unspecified atom stereocenters. The van der Waals surface area contributed by atoms with Crippen molar-refractivity contribution in [2.24, 2.45) is 0 Å². The van der Waals surface area contributed by atoms with E-state index < -0.39 is 6.09 Å². The Morgan fingerprint density at radius 1 is 1.65 bits per heavy atom. The van der Waals surface area contributed by atoms with Crippen LogP contribution in [-0.2, 0) is 4.74 Å². The first kappa shape index (κ1) is 15.0. The molecular formula is C12H16N4O2S2. The Kier molecular flexibility index (Phi) is 4.77. The van der Waals surface area contributed by atoms with Crippen molar-refractivity contribution in [3.05, 3.63) is 12.5 Å². The summed E-state index contributed by atoms with van der Waals surface area (Å²) in [6, 6.07) is -0.259. The number of nitrogens with one attached hydrogen (secondary N) is 1. The van der Waals surface area contributed by atoms with Crippen molar-refractivity contribution in [2.45, 2.75) is 26.0 Å². The molecule has 0 fully saturated rings. The molecule has 0 aliphatic carbocycles. The van der Waals surface area contributed by atoms with E-state index in [-0.39, 0.29) is 12.1 Å². The Hall–Kier alpha value is -1.41. The van der Waals surface area contributed by atoms with E-state index in [1.807, 2.05) is 20.1 Å². The van der Waals surface area contributed by atoms with E-state index in [1.165, 1.54) is 11.2 Å². The topological polar surface area (TPSA) is 67.4 Å². The van der Waals surface area contributed by atoms with Gasteiger partial charge in [0, 0.05) is 5.75 Å². The number of aromatic nitrogens is 2. The molecule has 6 nitrogen and oxygen atoms in total. The molecule has 1 atom stereocenters. The highest BCUT2D eigenvalue weighted by molar-refractivity contribution is 7.98. The quantitative estimate of drug-likeness (QED) is 0.859. The lowest BCUT2D eigenvalue weighted by Crippen LogP contribution is -2.52. The van der Waals surface area contributed by atoms with Gasteiger partial charge in [0.1, 0.15) is 17.0 Å². The third kappa shape index (κ3) is 3.01. The van der Waals surface area contributed by atoms with E-state index in [0.717, 1.165) is 0 Å². The molecule has 1 N–H and O–H groups in total. The van der Waals surface area contributed by atoms with Gasteiger partial charge in [-0.3, -0.25) is 4.90 Å². The first-order valence-corrected chi connectivity index (χ1v) is 7.94. The molecule has 1 aromatic rings. The first-order valence-electron chi connectivity index (χ1n) is 6.14. The molecule has 1 aliphatic heterocycles. The van der Waals surface area contributed by atoms with Gasteiger partial charge in [-0.2, -0.15) is 11.8 Å². The molecule has 0 saturated heterocycles. The van der Waals surface area contributed by atoms with Crippen molar-refractivity contribution in [3.63, 3.8) is 0 Å². The highest BCUT2D eigenvalue weighted by atomic mass is 32.2. The Morgan fingerprint density at radius 2 is 2.40 bits per heavy atom. The Morgan fingerprint density at radius 3 is 3.05 bits per heavy atom. The van der Waals surface area contributed by atoms with Gasteiger partial charge in [0.05, 0.1) is 18.3 Å². The lowest BCUT2D eigenvalue weighted by atomic mass is 10.2. The van der Waals surface area contributed by atoms with Gasteiger partial charge in [-0.05, 0) is 20.1 Å². The van der Waals surface area contributed by atoms with Crippen LogP contribution in [0.25, 0.3) is 0 Å². The Bertz CT molecular complexity index is 524. The molecule has 20 heavy (non-hydrogen) atoms. The summed E-state index contributed by atoms with van der Waals surface area (Å²) < 4.78 is 5.31. The van der Waals surface area contributed by atoms with E-state index in [9.17, 15) is 4.79 Å². The second-order valence-electron chi connectivity index (χ2n) is 4.52. The number of amides is 1. The molecule has 0 radical (unpaired) electrons. The number of thiocarbonyl (C=S) groups is 1. The van der Waals surface area contributed by atoms with Crippen LogP contribution in [0.2, 0.25) is 0 Å². The minimum absolute atomic E-state index is 0.200. The van der Waals surface area contributed by atoms with Crippen molar-refractivity contribution in [2.75, 3.05) is 22.2 Å². The van der Waals surface area contributed by atoms with Crippen LogP contribution in [0, 0.1) is 0 Å². The van der Waals surface area contributed by atoms with Crippen LogP contribution in [0.1, 0.15) is 13.8 Å². The van der Waals surface area contributed by atoms with E-state index >= 15 is 0 Å². The highest BCUT2D eigenvalue weighted by Gasteiger charge is 2.36. The van der Waals surface area contributed by atoms with Crippen LogP contribution >= 0.6 is 24.0 Å². The van der Waals surface area contributed by atoms with Gasteiger partial charge in [-0.15, -0.1) is 0 Å². The van der Waals surface area contributed by atoms with Crippen molar-refractivity contribution < 1.29 is 9.53 Å². The van der Waals surface area contributed by atoms with Crippen LogP contribution in [0.5, 0.6) is 0 Å². The van der Waals surface area contributed by atoms with Crippen molar-refractivity contribution in [3.8, 4) is 0 Å². The number of carbonyl (C=O) groups excluding carboxylic acids is 1. The zero-order valence-corrected chi connectivity index (χ0v) is 13.1. The minimum Gasteiger partial charge on any atom is -0.446 e. The number of thioether (sulfide) groups is 1. The summed E-state index contributed by atoms with van der Waals surface area (Å²) in [6.07, 6.45) is 4.33. The SMILES string of the molecule is CSCC1C(=S)Nc2ncncc2N1C(=O)OC(C)C. The summed E-state index contributed by atoms with van der Waals surface area (Å²) in [5.74, 6) is 1.20. The van der Waals surface area contributed by atoms with Crippen LogP contribution in [0.3, 0.4) is 0 Å². The number of hydrogen-bond acceptors (Lipinski definition) is 6. The number of fused-ring (bicyclic) bond motifs is 1. The maximum Gasteiger partial charge on any atom is 0.415 e. The highest BCUT2D eigenvalue weighted by Crippen LogP contribution is 2.31. The summed E-state index contributed by atoms with van der Waals surface area (Å²) >= 11 is 6.95. The third-order valence-corrected chi connectivity index (χ3v) is 3.69. The summed E-state index contributed by atoms with van der Waals surface area (Å²) in [5, 5.41) is 3.05. The summed E-state index contributed by atoms with van der Waals surface area (Å²) in [4.78, 5) is 22.5. The van der Waals surface area contributed by atoms with E-state index in [1.54, 1.807) is 18.0 Å². The van der Waals surface area contributed by atoms with Crippen LogP contribution in [-0.4, -0.2) is 45.2 Å². The van der Waals surface area contributed by atoms with Crippen LogP contribution in [0.4, 0.5) is 16.3 Å². The van der Waals surface area contributed by atoms with E-state index in [0.29, 0.717) is 22.2 Å². The average Bonchev–Trinajstić information content (AvgIpc) is 2.38. The zero-order chi connectivity index (χ0) is 14.7. The predicted molar refractivity (Wildman–Crippen MR) is 84.5 cm³/mol. The lowest BCUT2D eigenvalue weighted by molar-refractivity contribution is 0.122. The second-order valence-corrected chi connectivity index (χ2v) is 5.87. The number of hydrogen-bond donors (Lipinski definition) is 1. The number of anilines is 2. The van der Waals surface area contributed by atoms with Gasteiger partial charge in [0.25, 0.3) is 0 Å². The summed E-state index contributed by atoms with van der Waals surface area (Å²) in [6.45, 7) is 3.62. The maximum atomic E-state index is 12.4. The van der Waals surface area contributed by atoms with Crippen molar-refractivity contribution >= 4 is 46.6 Å². The third-order valence-electron chi connectivity index (χ3n) is 2.67. The molecule has 2 rings (SSSR count). The van der Waals surface area contributed by atoms with Crippen LogP contribution < -0.4 is 10.2 Å². The normalized spacial score (nSPS) is 17.7. The molecule has 1 aromatic heterocycles. The van der Waals surface area contributed by atoms with E-state index in [4.69, 9.17) is 17.0 Å². The number of carbonyl (C=O) groups is 1. The van der Waals surface area contributed by atoms with Gasteiger partial charge in [-0.25, -0.2) is 14.8 Å². The summed E-state index contributed by atoms with van der Waals surface area (Å²) in [7, 11) is 0. The molecule has 0 aromatic carbocycles. The number of rotatable bonds is 3. The molecule has 1 amide bonds. The lowest BCUT2D eigenvalue weighted by Gasteiger charge is -2.36. The largest absolute Gasteiger partial charge is 0.446 e. The second kappa shape index (κ2) is 6.36. The molecule has 2 heterocycles. The van der Waals surface area contributed by atoms with Gasteiger partial charge >= 0.3 is 6.09 Å². The number of ether oxygens (including phenoxy) is 1. The van der Waals surface area contributed by atoms with Crippen molar-refractivity contribution in [1.82, 2.24) is 9.97 Å². The molecule has 0 spiro atoms. The van der Waals surface area contributed by atoms with Gasteiger partial charge in [0.2, 0.25) is 0 Å². The van der Waals surface area contributed by atoms with Crippen molar-refractivity contribution in [1.29, 1.82) is 0 Å². The van der Waals surface area contributed by atoms with Gasteiger partial charge < -0.3 is 10.1 Å². The predicted octanol–water partition coefficient (Wildman–Crippen LogP) is 2.31. The van der Waals surface area contributed by atoms with Crippen LogP contribution in [0.15, 0.2) is 12.5 Å². The molecular weight excluding hydrogens is 296 g/mol. The van der Waals surface area contributed by atoms with Gasteiger partial charge in [0.15, 0.2) is 5.82 Å². The smallest absolute Gasteiger partial charge is 0.415 e. The first-order chi connectivity index (χ1) is 9.54. The maximum absolute atomic E-state index is 12.4. The zero-order valence-electron chi connectivity index (χ0n) is 11.5. The Balaban J connectivity index is 2.40. The molecule has 108 valence electrons. The molecule has 8 heteroatoms. The van der Waals surface area contributed by atoms with Gasteiger partial charge in [-0.1, -0.05) is 12.2 Å². The fraction of sp³-hybridized carbons (Fsp3) is 0.500. The standard InChI is InChI=1S/C12H16N4O2S2/c1-7(2)18-12(17)16-8-4-13-6-14-10(8)15-11(19)9(16)5-20-3/h4,6-7,9H,5H2,1-3H3,(H,13,14,15,19). The number of nitrogens with zero attached hydrogens (tertiary/aromatic N) is 3. The molecule has 0 bridgehead atoms. The molecule has 1 aliphatic rings. The monoisotopic (exact) mass is 312 g/mol. The minimum atomic E-state index is -0.432. The van der Waals surface area contributed by atoms with E-state index in [2.05, 4.69) is 15.3 Å². The average molecular weight is 312 g/mol. The fourth-order valence-electron chi connectivity index (χ4n) is 1.87. The Labute approximate surface area is 127 Å². The fourth-order valence-corrected chi connectivity index (χ4v) is 2.89. The molecule has 0 saturated carbocycles.